The van der Waals surface area contributed by atoms with Gasteiger partial charge >= 0.3 is 0 Å². The summed E-state index contributed by atoms with van der Waals surface area (Å²) >= 11 is 0. The molecule has 0 aromatic heterocycles. The van der Waals surface area contributed by atoms with Gasteiger partial charge in [0.1, 0.15) is 0 Å². The normalized spacial score (nSPS) is 15.7. The lowest BCUT2D eigenvalue weighted by molar-refractivity contribution is 0.697. The molecule has 0 spiro atoms. The molecule has 3 rings (SSSR count). The van der Waals surface area contributed by atoms with E-state index in [0.717, 1.165) is 6.54 Å². The minimum atomic E-state index is 0.458. The van der Waals surface area contributed by atoms with E-state index in [1.807, 2.05) is 0 Å². The van der Waals surface area contributed by atoms with E-state index in [0.29, 0.717) is 6.04 Å². The number of anilines is 1. The summed E-state index contributed by atoms with van der Waals surface area (Å²) in [5, 5.41) is 0. The van der Waals surface area contributed by atoms with Crippen molar-refractivity contribution in [1.82, 2.24) is 0 Å². The second kappa shape index (κ2) is 4.25. The van der Waals surface area contributed by atoms with Crippen LogP contribution in [0.1, 0.15) is 24.1 Å². The van der Waals surface area contributed by atoms with Crippen molar-refractivity contribution in [2.75, 3.05) is 11.4 Å². The molecule has 0 radical (unpaired) electrons. The first-order chi connectivity index (χ1) is 8.36. The van der Waals surface area contributed by atoms with Gasteiger partial charge in [-0.05, 0) is 30.5 Å². The van der Waals surface area contributed by atoms with E-state index >= 15 is 0 Å². The van der Waals surface area contributed by atoms with Crippen molar-refractivity contribution in [3.63, 3.8) is 0 Å². The smallest absolute Gasteiger partial charge is 0.0514 e. The highest BCUT2D eigenvalue weighted by atomic mass is 15.2. The maximum absolute atomic E-state index is 2.50. The Morgan fingerprint density at radius 3 is 2.47 bits per heavy atom. The molecule has 1 aliphatic heterocycles. The fraction of sp³-hybridized carbons (Fsp3) is 0.250. The number of hydrogen-bond donors (Lipinski definition) is 0. The fourth-order valence-corrected chi connectivity index (χ4v) is 2.68. The summed E-state index contributed by atoms with van der Waals surface area (Å²) in [6.45, 7) is 3.42. The van der Waals surface area contributed by atoms with Crippen LogP contribution in [0.5, 0.6) is 0 Å². The third-order valence-corrected chi connectivity index (χ3v) is 3.67. The predicted molar refractivity (Wildman–Crippen MR) is 72.3 cm³/mol. The maximum Gasteiger partial charge on any atom is 0.0514 e. The van der Waals surface area contributed by atoms with Crippen LogP contribution in [0.15, 0.2) is 54.6 Å². The molecule has 1 atom stereocenters. The van der Waals surface area contributed by atoms with Gasteiger partial charge in [0.2, 0.25) is 0 Å². The van der Waals surface area contributed by atoms with Gasteiger partial charge in [0, 0.05) is 12.2 Å². The topological polar surface area (TPSA) is 3.24 Å². The molecule has 0 saturated carbocycles. The molecule has 2 aromatic carbocycles. The van der Waals surface area contributed by atoms with Crippen molar-refractivity contribution in [2.45, 2.75) is 19.4 Å². The zero-order valence-electron chi connectivity index (χ0n) is 10.1. The molecule has 1 aliphatic rings. The van der Waals surface area contributed by atoms with Crippen molar-refractivity contribution in [2.24, 2.45) is 0 Å². The van der Waals surface area contributed by atoms with Gasteiger partial charge in [-0.25, -0.2) is 0 Å². The van der Waals surface area contributed by atoms with Gasteiger partial charge in [0.05, 0.1) is 6.04 Å². The first kappa shape index (κ1) is 10.4. The Hall–Kier alpha value is -1.76. The SMILES string of the molecule is CC(c1ccccc1)N1CCc2ccccc21. The van der Waals surface area contributed by atoms with Crippen molar-refractivity contribution in [1.29, 1.82) is 0 Å². The number of benzene rings is 2. The Morgan fingerprint density at radius 2 is 1.65 bits per heavy atom. The van der Waals surface area contributed by atoms with Crippen LogP contribution in [0.3, 0.4) is 0 Å². The van der Waals surface area contributed by atoms with Gasteiger partial charge in [0.15, 0.2) is 0 Å². The molecule has 0 bridgehead atoms. The van der Waals surface area contributed by atoms with Gasteiger partial charge < -0.3 is 4.90 Å². The van der Waals surface area contributed by atoms with E-state index in [1.165, 1.54) is 23.2 Å². The lowest BCUT2D eigenvalue weighted by atomic mass is 10.1. The van der Waals surface area contributed by atoms with E-state index in [1.54, 1.807) is 0 Å². The van der Waals surface area contributed by atoms with Gasteiger partial charge in [-0.1, -0.05) is 48.5 Å². The first-order valence-electron chi connectivity index (χ1n) is 6.26. The standard InChI is InChI=1S/C16H17N/c1-13(14-7-3-2-4-8-14)17-12-11-15-9-5-6-10-16(15)17/h2-10,13H,11-12H2,1H3. The lowest BCUT2D eigenvalue weighted by Gasteiger charge is -2.27. The zero-order valence-corrected chi connectivity index (χ0v) is 10.1. The molecule has 1 heteroatoms. The summed E-state index contributed by atoms with van der Waals surface area (Å²) in [6.07, 6.45) is 1.17. The Balaban J connectivity index is 1.92. The van der Waals surface area contributed by atoms with Crippen LogP contribution in [0.2, 0.25) is 0 Å². The lowest BCUT2D eigenvalue weighted by Crippen LogP contribution is -2.24. The van der Waals surface area contributed by atoms with E-state index in [2.05, 4.69) is 66.4 Å². The molecular weight excluding hydrogens is 206 g/mol. The third kappa shape index (κ3) is 1.82. The van der Waals surface area contributed by atoms with Crippen LogP contribution < -0.4 is 4.90 Å². The summed E-state index contributed by atoms with van der Waals surface area (Å²) in [5.74, 6) is 0. The highest BCUT2D eigenvalue weighted by Crippen LogP contribution is 2.34. The molecule has 17 heavy (non-hydrogen) atoms. The Kier molecular flexibility index (Phi) is 2.60. The predicted octanol–water partition coefficient (Wildman–Crippen LogP) is 3.81. The minimum Gasteiger partial charge on any atom is -0.364 e. The zero-order chi connectivity index (χ0) is 11.7. The monoisotopic (exact) mass is 223 g/mol. The first-order valence-corrected chi connectivity index (χ1v) is 6.26. The molecule has 1 nitrogen and oxygen atoms in total. The number of rotatable bonds is 2. The van der Waals surface area contributed by atoms with Crippen LogP contribution in [0.4, 0.5) is 5.69 Å². The summed E-state index contributed by atoms with van der Waals surface area (Å²) < 4.78 is 0. The molecule has 86 valence electrons. The molecule has 0 fully saturated rings. The fourth-order valence-electron chi connectivity index (χ4n) is 2.68. The van der Waals surface area contributed by atoms with Gasteiger partial charge in [-0.2, -0.15) is 0 Å². The quantitative estimate of drug-likeness (QED) is 0.748. The molecule has 1 unspecified atom stereocenters. The Bertz CT molecular complexity index is 504. The molecular formula is C16H17N. The largest absolute Gasteiger partial charge is 0.364 e. The minimum absolute atomic E-state index is 0.458. The molecule has 1 heterocycles. The van der Waals surface area contributed by atoms with Gasteiger partial charge in [0.25, 0.3) is 0 Å². The Morgan fingerprint density at radius 1 is 0.941 bits per heavy atom. The number of fused-ring (bicyclic) bond motifs is 1. The summed E-state index contributed by atoms with van der Waals surface area (Å²) in [5.41, 5.74) is 4.28. The van der Waals surface area contributed by atoms with Crippen LogP contribution in [0.25, 0.3) is 0 Å². The van der Waals surface area contributed by atoms with Crippen molar-refractivity contribution in [3.8, 4) is 0 Å². The van der Waals surface area contributed by atoms with Gasteiger partial charge in [-0.15, -0.1) is 0 Å². The summed E-state index contributed by atoms with van der Waals surface area (Å²) in [6, 6.07) is 20.0. The average Bonchev–Trinajstić information content (AvgIpc) is 2.83. The maximum atomic E-state index is 2.50. The number of hydrogen-bond acceptors (Lipinski definition) is 1. The van der Waals surface area contributed by atoms with Crippen molar-refractivity contribution in [3.05, 3.63) is 65.7 Å². The van der Waals surface area contributed by atoms with Crippen LogP contribution in [0, 0.1) is 0 Å². The van der Waals surface area contributed by atoms with Crippen LogP contribution >= 0.6 is 0 Å². The third-order valence-electron chi connectivity index (χ3n) is 3.67. The molecule has 2 aromatic rings. The van der Waals surface area contributed by atoms with Crippen molar-refractivity contribution < 1.29 is 0 Å². The van der Waals surface area contributed by atoms with Crippen LogP contribution in [-0.2, 0) is 6.42 Å². The summed E-state index contributed by atoms with van der Waals surface area (Å²) in [7, 11) is 0. The van der Waals surface area contributed by atoms with E-state index < -0.39 is 0 Å². The second-order valence-corrected chi connectivity index (χ2v) is 4.66. The van der Waals surface area contributed by atoms with Gasteiger partial charge in [-0.3, -0.25) is 0 Å². The molecule has 0 N–H and O–H groups in total. The Labute approximate surface area is 103 Å². The second-order valence-electron chi connectivity index (χ2n) is 4.66. The van der Waals surface area contributed by atoms with E-state index in [4.69, 9.17) is 0 Å². The highest BCUT2D eigenvalue weighted by molar-refractivity contribution is 5.59. The number of nitrogens with zero attached hydrogens (tertiary/aromatic N) is 1. The van der Waals surface area contributed by atoms with Crippen LogP contribution in [-0.4, -0.2) is 6.54 Å². The van der Waals surface area contributed by atoms with Crippen molar-refractivity contribution >= 4 is 5.69 Å². The molecule has 0 amide bonds. The highest BCUT2D eigenvalue weighted by Gasteiger charge is 2.23. The van der Waals surface area contributed by atoms with E-state index in [-0.39, 0.29) is 0 Å². The van der Waals surface area contributed by atoms with E-state index in [9.17, 15) is 0 Å². The molecule has 0 saturated heterocycles. The summed E-state index contributed by atoms with van der Waals surface area (Å²) in [4.78, 5) is 2.50. The molecule has 0 aliphatic carbocycles. The number of para-hydroxylation sites is 1. The average molecular weight is 223 g/mol.